The number of halogens is 2. The average Bonchev–Trinajstić information content (AvgIpc) is 3.10. The summed E-state index contributed by atoms with van der Waals surface area (Å²) in [6.07, 6.45) is 1.41. The van der Waals surface area contributed by atoms with Crippen LogP contribution in [0.5, 0.6) is 11.6 Å². The van der Waals surface area contributed by atoms with Crippen LogP contribution in [0.2, 0.25) is 0 Å². The lowest BCUT2D eigenvalue weighted by Gasteiger charge is -2.18. The van der Waals surface area contributed by atoms with Crippen molar-refractivity contribution in [2.24, 2.45) is 0 Å². The van der Waals surface area contributed by atoms with Crippen molar-refractivity contribution in [2.45, 2.75) is 13.1 Å². The van der Waals surface area contributed by atoms with Gasteiger partial charge in [0.15, 0.2) is 11.6 Å². The molecule has 1 aliphatic heterocycles. The van der Waals surface area contributed by atoms with Crippen LogP contribution in [0.25, 0.3) is 0 Å². The van der Waals surface area contributed by atoms with Crippen LogP contribution in [0, 0.1) is 11.6 Å². The average molecular weight is 370 g/mol. The van der Waals surface area contributed by atoms with E-state index in [2.05, 4.69) is 15.6 Å². The molecule has 0 radical (unpaired) electrons. The maximum atomic E-state index is 13.6. The van der Waals surface area contributed by atoms with Crippen LogP contribution in [-0.2, 0) is 13.1 Å². The molecule has 27 heavy (non-hydrogen) atoms. The molecule has 0 fully saturated rings. The van der Waals surface area contributed by atoms with Crippen LogP contribution >= 0.6 is 0 Å². The highest BCUT2D eigenvalue weighted by Crippen LogP contribution is 2.24. The number of benzene rings is 1. The Kier molecular flexibility index (Phi) is 4.55. The number of aromatic nitrogens is 2. The van der Waals surface area contributed by atoms with Gasteiger partial charge in [-0.25, -0.2) is 13.8 Å². The number of hydrogen-bond donors (Lipinski definition) is 2. The van der Waals surface area contributed by atoms with Crippen molar-refractivity contribution in [1.82, 2.24) is 14.9 Å². The molecule has 2 N–H and O–H groups in total. The van der Waals surface area contributed by atoms with Gasteiger partial charge in [0.1, 0.15) is 11.5 Å². The van der Waals surface area contributed by atoms with Crippen molar-refractivity contribution in [2.75, 3.05) is 11.9 Å². The Morgan fingerprint density at radius 2 is 2.07 bits per heavy atom. The van der Waals surface area contributed by atoms with E-state index in [9.17, 15) is 13.6 Å². The van der Waals surface area contributed by atoms with E-state index in [1.165, 1.54) is 18.3 Å². The first-order valence-electron chi connectivity index (χ1n) is 8.39. The fourth-order valence-corrected chi connectivity index (χ4v) is 2.91. The zero-order valence-corrected chi connectivity index (χ0v) is 14.2. The van der Waals surface area contributed by atoms with Gasteiger partial charge in [-0.1, -0.05) is 0 Å². The molecule has 0 bridgehead atoms. The second-order valence-electron chi connectivity index (χ2n) is 6.05. The lowest BCUT2D eigenvalue weighted by atomic mass is 10.3. The highest BCUT2D eigenvalue weighted by atomic mass is 19.1. The zero-order chi connectivity index (χ0) is 18.8. The minimum atomic E-state index is -0.818. The Labute approximate surface area is 153 Å². The van der Waals surface area contributed by atoms with Crippen molar-refractivity contribution in [3.8, 4) is 11.6 Å². The number of anilines is 1. The highest BCUT2D eigenvalue weighted by Gasteiger charge is 2.17. The van der Waals surface area contributed by atoms with Gasteiger partial charge in [0.25, 0.3) is 5.91 Å². The summed E-state index contributed by atoms with van der Waals surface area (Å²) >= 11 is 0. The van der Waals surface area contributed by atoms with E-state index in [-0.39, 0.29) is 17.5 Å². The van der Waals surface area contributed by atoms with E-state index in [0.717, 1.165) is 37.5 Å². The Morgan fingerprint density at radius 3 is 2.85 bits per heavy atom. The Hall–Kier alpha value is -3.26. The second kappa shape index (κ2) is 7.16. The van der Waals surface area contributed by atoms with Crippen LogP contribution in [0.4, 0.5) is 14.5 Å². The summed E-state index contributed by atoms with van der Waals surface area (Å²) in [5.41, 5.74) is 2.13. The molecule has 1 amide bonds. The number of pyridine rings is 1. The number of carbonyl (C=O) groups is 1. The fourth-order valence-electron chi connectivity index (χ4n) is 2.91. The molecule has 1 aromatic carbocycles. The summed E-state index contributed by atoms with van der Waals surface area (Å²) in [6, 6.07) is 9.83. The van der Waals surface area contributed by atoms with Gasteiger partial charge in [-0.3, -0.25) is 4.79 Å². The maximum absolute atomic E-state index is 13.6. The summed E-state index contributed by atoms with van der Waals surface area (Å²) in [7, 11) is 0. The van der Waals surface area contributed by atoms with Gasteiger partial charge in [0.2, 0.25) is 5.88 Å². The normalized spacial score (nSPS) is 13.1. The molecule has 4 rings (SSSR count). The summed E-state index contributed by atoms with van der Waals surface area (Å²) in [5.74, 6) is -1.74. The molecule has 8 heteroatoms. The summed E-state index contributed by atoms with van der Waals surface area (Å²) in [6.45, 7) is 2.29. The predicted molar refractivity (Wildman–Crippen MR) is 94.8 cm³/mol. The van der Waals surface area contributed by atoms with Crippen LogP contribution in [0.15, 0.2) is 48.7 Å². The quantitative estimate of drug-likeness (QED) is 0.739. The van der Waals surface area contributed by atoms with Gasteiger partial charge in [0, 0.05) is 37.5 Å². The number of ether oxygens (including phenoxy) is 1. The standard InChI is InChI=1S/C19H16F2N4O2/c20-12-1-5-17(15(21)9-12)27-18-6-2-13(10-23-18)24-19(26)16-4-3-14-11-22-7-8-25(14)16/h1-6,9-10,22H,7-8,11H2,(H,24,26). The molecular formula is C19H16F2N4O2. The van der Waals surface area contributed by atoms with Gasteiger partial charge < -0.3 is 19.9 Å². The van der Waals surface area contributed by atoms with Crippen molar-refractivity contribution < 1.29 is 18.3 Å². The van der Waals surface area contributed by atoms with E-state index in [1.54, 1.807) is 12.1 Å². The van der Waals surface area contributed by atoms with Crippen LogP contribution in [0.3, 0.4) is 0 Å². The fraction of sp³-hybridized carbons (Fsp3) is 0.158. The molecule has 0 spiro atoms. The van der Waals surface area contributed by atoms with Gasteiger partial charge in [-0.05, 0) is 30.3 Å². The van der Waals surface area contributed by atoms with Gasteiger partial charge in [-0.2, -0.15) is 0 Å². The van der Waals surface area contributed by atoms with E-state index in [4.69, 9.17) is 4.74 Å². The second-order valence-corrected chi connectivity index (χ2v) is 6.05. The SMILES string of the molecule is O=C(Nc1ccc(Oc2ccc(F)cc2F)nc1)c1ccc2n1CCNC2. The third-order valence-corrected chi connectivity index (χ3v) is 4.22. The number of hydrogen-bond acceptors (Lipinski definition) is 4. The van der Waals surface area contributed by atoms with Crippen LogP contribution in [-0.4, -0.2) is 22.0 Å². The highest BCUT2D eigenvalue weighted by molar-refractivity contribution is 6.03. The monoisotopic (exact) mass is 370 g/mol. The van der Waals surface area contributed by atoms with Gasteiger partial charge in [-0.15, -0.1) is 0 Å². The number of nitrogens with zero attached hydrogens (tertiary/aromatic N) is 2. The molecular weight excluding hydrogens is 354 g/mol. The van der Waals surface area contributed by atoms with Crippen LogP contribution < -0.4 is 15.4 Å². The Morgan fingerprint density at radius 1 is 1.19 bits per heavy atom. The molecule has 0 saturated carbocycles. The molecule has 3 heterocycles. The third kappa shape index (κ3) is 3.65. The molecule has 138 valence electrons. The summed E-state index contributed by atoms with van der Waals surface area (Å²) in [4.78, 5) is 16.5. The maximum Gasteiger partial charge on any atom is 0.272 e. The minimum absolute atomic E-state index is 0.129. The first-order chi connectivity index (χ1) is 13.1. The molecule has 0 unspecified atom stereocenters. The smallest absolute Gasteiger partial charge is 0.272 e. The topological polar surface area (TPSA) is 68.2 Å². The van der Waals surface area contributed by atoms with E-state index < -0.39 is 11.6 Å². The van der Waals surface area contributed by atoms with Crippen molar-refractivity contribution in [3.05, 3.63) is 71.7 Å². The number of nitrogens with one attached hydrogen (secondary N) is 2. The number of fused-ring (bicyclic) bond motifs is 1. The number of amides is 1. The molecule has 0 aliphatic carbocycles. The number of rotatable bonds is 4. The predicted octanol–water partition coefficient (Wildman–Crippen LogP) is 3.31. The molecule has 1 aliphatic rings. The van der Waals surface area contributed by atoms with Gasteiger partial charge >= 0.3 is 0 Å². The van der Waals surface area contributed by atoms with E-state index in [1.807, 2.05) is 10.6 Å². The van der Waals surface area contributed by atoms with Crippen molar-refractivity contribution in [1.29, 1.82) is 0 Å². The first kappa shape index (κ1) is 17.2. The lowest BCUT2D eigenvalue weighted by Crippen LogP contribution is -2.30. The van der Waals surface area contributed by atoms with E-state index >= 15 is 0 Å². The molecule has 2 aromatic heterocycles. The Balaban J connectivity index is 1.45. The molecule has 3 aromatic rings. The van der Waals surface area contributed by atoms with Crippen molar-refractivity contribution >= 4 is 11.6 Å². The Bertz CT molecular complexity index is 986. The van der Waals surface area contributed by atoms with Crippen molar-refractivity contribution in [3.63, 3.8) is 0 Å². The molecule has 6 nitrogen and oxygen atoms in total. The van der Waals surface area contributed by atoms with Crippen LogP contribution in [0.1, 0.15) is 16.2 Å². The lowest BCUT2D eigenvalue weighted by molar-refractivity contribution is 0.101. The molecule has 0 atom stereocenters. The zero-order valence-electron chi connectivity index (χ0n) is 14.2. The largest absolute Gasteiger partial charge is 0.436 e. The third-order valence-electron chi connectivity index (χ3n) is 4.22. The first-order valence-corrected chi connectivity index (χ1v) is 8.39. The summed E-state index contributed by atoms with van der Waals surface area (Å²) in [5, 5.41) is 6.03. The minimum Gasteiger partial charge on any atom is -0.436 e. The van der Waals surface area contributed by atoms with E-state index in [0.29, 0.717) is 11.4 Å². The number of carbonyl (C=O) groups excluding carboxylic acids is 1. The summed E-state index contributed by atoms with van der Waals surface area (Å²) < 4.78 is 33.8. The van der Waals surface area contributed by atoms with Gasteiger partial charge in [0.05, 0.1) is 11.9 Å². The molecule has 0 saturated heterocycles.